The van der Waals surface area contributed by atoms with E-state index in [2.05, 4.69) is 69.4 Å². The predicted molar refractivity (Wildman–Crippen MR) is 298 cm³/mol. The van der Waals surface area contributed by atoms with E-state index in [9.17, 15) is 14.4 Å². The Morgan fingerprint density at radius 3 is 0.884 bits per heavy atom. The smallest absolute Gasteiger partial charge is 0.306 e. The van der Waals surface area contributed by atoms with Crippen molar-refractivity contribution in [1.82, 2.24) is 0 Å². The lowest BCUT2D eigenvalue weighted by Crippen LogP contribution is -2.30. The van der Waals surface area contributed by atoms with Gasteiger partial charge in [0.05, 0.1) is 0 Å². The molecule has 0 aliphatic carbocycles. The molecule has 69 heavy (non-hydrogen) atoms. The lowest BCUT2D eigenvalue weighted by Gasteiger charge is -2.18. The van der Waals surface area contributed by atoms with Gasteiger partial charge in [0, 0.05) is 19.3 Å². The standard InChI is InChI=1S/C63H114O6/c1-4-7-10-13-16-19-22-24-25-26-27-28-29-30-31-32-33-34-35-36-37-39-41-44-47-50-53-56-62(65)68-59-60(58-67-61(64)55-52-49-46-43-40-21-18-15-12-9-6-3)69-63(66)57-54-51-48-45-42-38-23-20-17-14-11-8-5-2/h7,10,16,19,24-25,27-28,60H,4-6,8-9,11-15,17-18,20-23,26,29-59H2,1-3H3/b10-7-,19-16-,25-24-,28-27-. The van der Waals surface area contributed by atoms with Crippen molar-refractivity contribution in [3.63, 3.8) is 0 Å². The Bertz CT molecular complexity index is 1200. The molecule has 0 bridgehead atoms. The maximum atomic E-state index is 12.8. The number of esters is 3. The highest BCUT2D eigenvalue weighted by Gasteiger charge is 2.19. The first-order chi connectivity index (χ1) is 34.0. The van der Waals surface area contributed by atoms with E-state index in [1.807, 2.05) is 0 Å². The minimum atomic E-state index is -0.767. The molecule has 0 rings (SSSR count). The number of unbranched alkanes of at least 4 members (excludes halogenated alkanes) is 36. The number of allylic oxidation sites excluding steroid dienone is 8. The number of ether oxygens (including phenoxy) is 3. The van der Waals surface area contributed by atoms with Crippen molar-refractivity contribution in [2.45, 2.75) is 322 Å². The number of carbonyl (C=O) groups is 3. The zero-order chi connectivity index (χ0) is 50.0. The highest BCUT2D eigenvalue weighted by molar-refractivity contribution is 5.71. The summed E-state index contributed by atoms with van der Waals surface area (Å²) in [5.74, 6) is -0.851. The molecule has 1 atom stereocenters. The van der Waals surface area contributed by atoms with Gasteiger partial charge in [0.25, 0.3) is 0 Å². The minimum Gasteiger partial charge on any atom is -0.462 e. The molecule has 0 aliphatic rings. The van der Waals surface area contributed by atoms with Crippen LogP contribution in [0.5, 0.6) is 0 Å². The van der Waals surface area contributed by atoms with Crippen LogP contribution in [0.15, 0.2) is 48.6 Å². The largest absolute Gasteiger partial charge is 0.462 e. The van der Waals surface area contributed by atoms with Gasteiger partial charge >= 0.3 is 17.9 Å². The van der Waals surface area contributed by atoms with Gasteiger partial charge in [-0.15, -0.1) is 0 Å². The first kappa shape index (κ1) is 66.4. The van der Waals surface area contributed by atoms with Crippen molar-refractivity contribution in [3.8, 4) is 0 Å². The molecular weight excluding hydrogens is 853 g/mol. The fourth-order valence-electron chi connectivity index (χ4n) is 8.85. The molecule has 0 N–H and O–H groups in total. The summed E-state index contributed by atoms with van der Waals surface area (Å²) in [6.45, 7) is 6.56. The summed E-state index contributed by atoms with van der Waals surface area (Å²) in [6, 6.07) is 0. The molecule has 0 aromatic heterocycles. The van der Waals surface area contributed by atoms with E-state index in [4.69, 9.17) is 14.2 Å². The summed E-state index contributed by atoms with van der Waals surface area (Å²) in [5, 5.41) is 0. The number of rotatable bonds is 55. The highest BCUT2D eigenvalue weighted by atomic mass is 16.6. The maximum absolute atomic E-state index is 12.8. The lowest BCUT2D eigenvalue weighted by atomic mass is 10.0. The molecule has 6 heteroatoms. The normalized spacial score (nSPS) is 12.3. The van der Waals surface area contributed by atoms with E-state index in [-0.39, 0.29) is 31.1 Å². The third-order valence-corrected chi connectivity index (χ3v) is 13.3. The molecule has 0 spiro atoms. The van der Waals surface area contributed by atoms with E-state index in [1.165, 1.54) is 193 Å². The van der Waals surface area contributed by atoms with Crippen molar-refractivity contribution in [1.29, 1.82) is 0 Å². The Morgan fingerprint density at radius 2 is 0.565 bits per heavy atom. The topological polar surface area (TPSA) is 78.9 Å². The van der Waals surface area contributed by atoms with Crippen molar-refractivity contribution < 1.29 is 28.6 Å². The first-order valence-electron chi connectivity index (χ1n) is 30.1. The zero-order valence-electron chi connectivity index (χ0n) is 46.1. The van der Waals surface area contributed by atoms with Gasteiger partial charge in [-0.05, 0) is 57.8 Å². The van der Waals surface area contributed by atoms with Gasteiger partial charge in [0.2, 0.25) is 0 Å². The van der Waals surface area contributed by atoms with Gasteiger partial charge in [-0.1, -0.05) is 288 Å². The van der Waals surface area contributed by atoms with Crippen LogP contribution < -0.4 is 0 Å². The first-order valence-corrected chi connectivity index (χ1v) is 30.1. The molecule has 402 valence electrons. The number of hydrogen-bond donors (Lipinski definition) is 0. The van der Waals surface area contributed by atoms with Crippen LogP contribution in [0.4, 0.5) is 0 Å². The Balaban J connectivity index is 4.16. The van der Waals surface area contributed by atoms with Gasteiger partial charge in [-0.25, -0.2) is 0 Å². The fraction of sp³-hybridized carbons (Fsp3) is 0.825. The second kappa shape index (κ2) is 57.9. The van der Waals surface area contributed by atoms with E-state index < -0.39 is 6.10 Å². The summed E-state index contributed by atoms with van der Waals surface area (Å²) in [5.41, 5.74) is 0. The molecule has 1 unspecified atom stereocenters. The quantitative estimate of drug-likeness (QED) is 0.0262. The van der Waals surface area contributed by atoms with Crippen molar-refractivity contribution in [3.05, 3.63) is 48.6 Å². The average molecular weight is 968 g/mol. The molecule has 0 aromatic rings. The number of hydrogen-bond acceptors (Lipinski definition) is 6. The van der Waals surface area contributed by atoms with Crippen LogP contribution in [0.2, 0.25) is 0 Å². The van der Waals surface area contributed by atoms with Crippen molar-refractivity contribution in [2.24, 2.45) is 0 Å². The van der Waals surface area contributed by atoms with E-state index in [1.54, 1.807) is 0 Å². The van der Waals surface area contributed by atoms with E-state index in [0.29, 0.717) is 19.3 Å². The molecular formula is C63H114O6. The third kappa shape index (κ3) is 56.2. The van der Waals surface area contributed by atoms with E-state index in [0.717, 1.165) is 83.5 Å². The van der Waals surface area contributed by atoms with Crippen molar-refractivity contribution in [2.75, 3.05) is 13.2 Å². The summed E-state index contributed by atoms with van der Waals surface area (Å²) >= 11 is 0. The summed E-state index contributed by atoms with van der Waals surface area (Å²) in [6.07, 6.45) is 71.2. The van der Waals surface area contributed by atoms with Gasteiger partial charge in [0.15, 0.2) is 6.10 Å². The summed E-state index contributed by atoms with van der Waals surface area (Å²) in [7, 11) is 0. The summed E-state index contributed by atoms with van der Waals surface area (Å²) in [4.78, 5) is 38.1. The van der Waals surface area contributed by atoms with Crippen LogP contribution in [-0.4, -0.2) is 37.2 Å². The van der Waals surface area contributed by atoms with Crippen LogP contribution in [0.25, 0.3) is 0 Å². The molecule has 0 aliphatic heterocycles. The van der Waals surface area contributed by atoms with Gasteiger partial charge in [-0.3, -0.25) is 14.4 Å². The molecule has 0 radical (unpaired) electrons. The predicted octanol–water partition coefficient (Wildman–Crippen LogP) is 20.2. The Morgan fingerprint density at radius 1 is 0.304 bits per heavy atom. The van der Waals surface area contributed by atoms with Gasteiger partial charge in [-0.2, -0.15) is 0 Å². The highest BCUT2D eigenvalue weighted by Crippen LogP contribution is 2.17. The molecule has 0 heterocycles. The molecule has 0 saturated heterocycles. The molecule has 0 amide bonds. The lowest BCUT2D eigenvalue weighted by molar-refractivity contribution is -0.167. The van der Waals surface area contributed by atoms with Crippen LogP contribution in [0.1, 0.15) is 316 Å². The maximum Gasteiger partial charge on any atom is 0.306 e. The third-order valence-electron chi connectivity index (χ3n) is 13.3. The molecule has 6 nitrogen and oxygen atoms in total. The fourth-order valence-corrected chi connectivity index (χ4v) is 8.85. The van der Waals surface area contributed by atoms with Crippen LogP contribution in [0, 0.1) is 0 Å². The Labute approximate surface area is 428 Å². The Kier molecular flexibility index (Phi) is 55.7. The molecule has 0 aromatic carbocycles. The monoisotopic (exact) mass is 967 g/mol. The minimum absolute atomic E-state index is 0.0672. The van der Waals surface area contributed by atoms with Crippen LogP contribution in [0.3, 0.4) is 0 Å². The zero-order valence-corrected chi connectivity index (χ0v) is 46.1. The van der Waals surface area contributed by atoms with Crippen molar-refractivity contribution >= 4 is 17.9 Å². The second-order valence-electron chi connectivity index (χ2n) is 20.2. The molecule has 0 saturated carbocycles. The SMILES string of the molecule is CC/C=C\C/C=C\C/C=C\C/C=C\CCCCCCCCCCCCCCCCC(=O)OCC(COC(=O)CCCCCCCCCCCCC)OC(=O)CCCCCCCCCCCCCCC. The van der Waals surface area contributed by atoms with Gasteiger partial charge < -0.3 is 14.2 Å². The molecule has 0 fully saturated rings. The number of carbonyl (C=O) groups excluding carboxylic acids is 3. The summed E-state index contributed by atoms with van der Waals surface area (Å²) < 4.78 is 16.9. The van der Waals surface area contributed by atoms with E-state index >= 15 is 0 Å². The van der Waals surface area contributed by atoms with Crippen LogP contribution in [-0.2, 0) is 28.6 Å². The van der Waals surface area contributed by atoms with Crippen LogP contribution >= 0.6 is 0 Å². The Hall–Kier alpha value is -2.63. The second-order valence-corrected chi connectivity index (χ2v) is 20.2. The van der Waals surface area contributed by atoms with Gasteiger partial charge in [0.1, 0.15) is 13.2 Å². The average Bonchev–Trinajstić information content (AvgIpc) is 3.35.